The zero-order valence-electron chi connectivity index (χ0n) is 16.9. The number of benzene rings is 2. The minimum atomic E-state index is -1.07. The van der Waals surface area contributed by atoms with Gasteiger partial charge < -0.3 is 20.2 Å². The summed E-state index contributed by atoms with van der Waals surface area (Å²) in [5, 5.41) is 15.4. The van der Waals surface area contributed by atoms with E-state index in [1.54, 1.807) is 18.2 Å². The number of carboxylic acid groups (broad SMARTS) is 1. The Kier molecular flexibility index (Phi) is 7.13. The van der Waals surface area contributed by atoms with Gasteiger partial charge in [-0.05, 0) is 23.6 Å². The summed E-state index contributed by atoms with van der Waals surface area (Å²) in [7, 11) is 0. The maximum Gasteiger partial charge on any atom is 0.404 e. The maximum absolute atomic E-state index is 13.4. The van der Waals surface area contributed by atoms with Crippen LogP contribution >= 0.6 is 11.6 Å². The minimum Gasteiger partial charge on any atom is -0.465 e. The van der Waals surface area contributed by atoms with Crippen molar-refractivity contribution in [2.24, 2.45) is 5.92 Å². The summed E-state index contributed by atoms with van der Waals surface area (Å²) in [5.41, 5.74) is 1.96. The molecule has 0 aliphatic rings. The zero-order chi connectivity index (χ0) is 21.7. The number of hydrogen-bond donors (Lipinski definition) is 3. The van der Waals surface area contributed by atoms with Gasteiger partial charge >= 0.3 is 6.09 Å². The number of hydrogen-bond acceptors (Lipinski definition) is 4. The molecule has 1 unspecified atom stereocenters. The van der Waals surface area contributed by atoms with Gasteiger partial charge in [0.1, 0.15) is 11.3 Å². The lowest BCUT2D eigenvalue weighted by Gasteiger charge is -2.24. The van der Waals surface area contributed by atoms with Crippen molar-refractivity contribution in [1.29, 1.82) is 0 Å². The van der Waals surface area contributed by atoms with Crippen molar-refractivity contribution in [2.45, 2.75) is 26.3 Å². The highest BCUT2D eigenvalue weighted by Crippen LogP contribution is 2.29. The van der Waals surface area contributed by atoms with Gasteiger partial charge in [0.25, 0.3) is 0 Å². The average molecular weight is 429 g/mol. The van der Waals surface area contributed by atoms with Crippen LogP contribution in [0.2, 0.25) is 5.02 Å². The van der Waals surface area contributed by atoms with E-state index in [0.717, 1.165) is 5.56 Å². The van der Waals surface area contributed by atoms with Crippen LogP contribution in [0.15, 0.2) is 57.7 Å². The molecule has 1 atom stereocenters. The van der Waals surface area contributed by atoms with Crippen LogP contribution < -0.4 is 16.1 Å². The van der Waals surface area contributed by atoms with Crippen molar-refractivity contribution >= 4 is 28.7 Å². The lowest BCUT2D eigenvalue weighted by Crippen LogP contribution is -2.35. The van der Waals surface area contributed by atoms with Crippen molar-refractivity contribution in [3.8, 4) is 0 Å². The quantitative estimate of drug-likeness (QED) is 0.456. The third kappa shape index (κ3) is 5.20. The average Bonchev–Trinajstić information content (AvgIpc) is 2.70. The molecule has 1 heterocycles. The number of rotatable bonds is 8. The first-order chi connectivity index (χ1) is 14.4. The molecule has 158 valence electrons. The van der Waals surface area contributed by atoms with E-state index in [1.807, 2.05) is 44.2 Å². The molecule has 30 heavy (non-hydrogen) atoms. The van der Waals surface area contributed by atoms with Crippen LogP contribution in [-0.2, 0) is 6.42 Å². The number of halogens is 1. The minimum absolute atomic E-state index is 0.0807. The van der Waals surface area contributed by atoms with Crippen molar-refractivity contribution in [3.63, 3.8) is 0 Å². The second-order valence-electron chi connectivity index (χ2n) is 7.48. The molecular weight excluding hydrogens is 404 g/mol. The molecule has 1 amide bonds. The molecule has 6 nitrogen and oxygen atoms in total. The monoisotopic (exact) mass is 428 g/mol. The molecule has 7 heteroatoms. The third-order valence-corrected chi connectivity index (χ3v) is 5.15. The Balaban J connectivity index is 2.07. The molecular formula is C23H25ClN2O4. The Labute approximate surface area is 179 Å². The maximum atomic E-state index is 13.4. The normalized spacial score (nSPS) is 12.3. The Morgan fingerprint density at radius 1 is 1.13 bits per heavy atom. The standard InChI is InChI=1S/C23H25ClN2O4/c1-14(2)20(25-10-11-26-23(28)29)22-18(12-15-6-4-3-5-7-15)21(27)17-9-8-16(24)13-19(17)30-22/h3-9,13-14,20,25-26H,10-12H2,1-2H3,(H,28,29). The largest absolute Gasteiger partial charge is 0.465 e. The molecule has 0 radical (unpaired) electrons. The fraction of sp³-hybridized carbons (Fsp3) is 0.304. The van der Waals surface area contributed by atoms with Gasteiger partial charge in [0.15, 0.2) is 5.43 Å². The molecule has 3 rings (SSSR count). The van der Waals surface area contributed by atoms with Gasteiger partial charge in [0.2, 0.25) is 0 Å². The Morgan fingerprint density at radius 3 is 2.53 bits per heavy atom. The van der Waals surface area contributed by atoms with Gasteiger partial charge in [-0.1, -0.05) is 55.8 Å². The van der Waals surface area contributed by atoms with Crippen LogP contribution in [-0.4, -0.2) is 24.3 Å². The van der Waals surface area contributed by atoms with Crippen molar-refractivity contribution in [3.05, 3.63) is 80.7 Å². The van der Waals surface area contributed by atoms with Crippen LogP contribution in [0, 0.1) is 5.92 Å². The van der Waals surface area contributed by atoms with E-state index in [0.29, 0.717) is 40.3 Å². The van der Waals surface area contributed by atoms with Crippen molar-refractivity contribution in [1.82, 2.24) is 10.6 Å². The highest BCUT2D eigenvalue weighted by molar-refractivity contribution is 6.31. The topological polar surface area (TPSA) is 91.6 Å². The number of fused-ring (bicyclic) bond motifs is 1. The van der Waals surface area contributed by atoms with E-state index in [-0.39, 0.29) is 23.9 Å². The molecule has 3 N–H and O–H groups in total. The Bertz CT molecular complexity index is 1080. The van der Waals surface area contributed by atoms with Crippen LogP contribution in [0.4, 0.5) is 4.79 Å². The highest BCUT2D eigenvalue weighted by Gasteiger charge is 2.25. The molecule has 0 aliphatic carbocycles. The SMILES string of the molecule is CC(C)C(NCCNC(=O)O)c1oc2cc(Cl)ccc2c(=O)c1Cc1ccccc1. The first-order valence-corrected chi connectivity index (χ1v) is 10.2. The lowest BCUT2D eigenvalue weighted by atomic mass is 9.93. The molecule has 0 saturated carbocycles. The van der Waals surface area contributed by atoms with E-state index in [4.69, 9.17) is 21.1 Å². The summed E-state index contributed by atoms with van der Waals surface area (Å²) in [5.74, 6) is 0.660. The molecule has 0 saturated heterocycles. The van der Waals surface area contributed by atoms with Crippen molar-refractivity contribution < 1.29 is 14.3 Å². The summed E-state index contributed by atoms with van der Waals surface area (Å²) >= 11 is 6.13. The Hall–Kier alpha value is -2.83. The van der Waals surface area contributed by atoms with E-state index in [9.17, 15) is 9.59 Å². The lowest BCUT2D eigenvalue weighted by molar-refractivity contribution is 0.194. The van der Waals surface area contributed by atoms with Gasteiger partial charge in [0, 0.05) is 36.2 Å². The van der Waals surface area contributed by atoms with E-state index >= 15 is 0 Å². The molecule has 0 fully saturated rings. The number of amides is 1. The summed E-state index contributed by atoms with van der Waals surface area (Å²) in [6.07, 6.45) is -0.635. The van der Waals surface area contributed by atoms with Crippen LogP contribution in [0.3, 0.4) is 0 Å². The van der Waals surface area contributed by atoms with Gasteiger partial charge in [-0.25, -0.2) is 4.79 Å². The van der Waals surface area contributed by atoms with Crippen molar-refractivity contribution in [2.75, 3.05) is 13.1 Å². The summed E-state index contributed by atoms with van der Waals surface area (Å²) in [6.45, 7) is 4.70. The summed E-state index contributed by atoms with van der Waals surface area (Å²) in [6, 6.07) is 14.5. The predicted molar refractivity (Wildman–Crippen MR) is 118 cm³/mol. The molecule has 1 aromatic heterocycles. The summed E-state index contributed by atoms with van der Waals surface area (Å²) in [4.78, 5) is 24.1. The zero-order valence-corrected chi connectivity index (χ0v) is 17.7. The third-order valence-electron chi connectivity index (χ3n) is 4.92. The van der Waals surface area contributed by atoms with E-state index in [1.165, 1.54) is 0 Å². The fourth-order valence-electron chi connectivity index (χ4n) is 3.47. The van der Waals surface area contributed by atoms with Gasteiger partial charge in [-0.15, -0.1) is 0 Å². The second-order valence-corrected chi connectivity index (χ2v) is 7.92. The van der Waals surface area contributed by atoms with Gasteiger partial charge in [0.05, 0.1) is 11.4 Å². The number of carbonyl (C=O) groups is 1. The molecule has 0 aliphatic heterocycles. The van der Waals surface area contributed by atoms with Gasteiger partial charge in [-0.3, -0.25) is 4.79 Å². The molecule has 0 bridgehead atoms. The highest BCUT2D eigenvalue weighted by atomic mass is 35.5. The van der Waals surface area contributed by atoms with E-state index < -0.39 is 6.09 Å². The first-order valence-electron chi connectivity index (χ1n) is 9.86. The smallest absolute Gasteiger partial charge is 0.404 e. The first kappa shape index (κ1) is 21.9. The van der Waals surface area contributed by atoms with E-state index in [2.05, 4.69) is 10.6 Å². The van der Waals surface area contributed by atoms with Crippen LogP contribution in [0.25, 0.3) is 11.0 Å². The predicted octanol–water partition coefficient (Wildman–Crippen LogP) is 4.59. The number of nitrogens with one attached hydrogen (secondary N) is 2. The Morgan fingerprint density at radius 2 is 1.87 bits per heavy atom. The second kappa shape index (κ2) is 9.78. The van der Waals surface area contributed by atoms with Crippen LogP contribution in [0.1, 0.15) is 36.8 Å². The van der Waals surface area contributed by atoms with Gasteiger partial charge in [-0.2, -0.15) is 0 Å². The van der Waals surface area contributed by atoms with Crippen LogP contribution in [0.5, 0.6) is 0 Å². The summed E-state index contributed by atoms with van der Waals surface area (Å²) < 4.78 is 6.24. The molecule has 3 aromatic rings. The fourth-order valence-corrected chi connectivity index (χ4v) is 3.63. The molecule has 2 aromatic carbocycles. The molecule has 0 spiro atoms.